The molecule has 1 aliphatic carbocycles. The molecule has 2 aromatic carbocycles. The van der Waals surface area contributed by atoms with Crippen LogP contribution < -0.4 is 0 Å². The highest BCUT2D eigenvalue weighted by Gasteiger charge is 2.72. The summed E-state index contributed by atoms with van der Waals surface area (Å²) in [6.07, 6.45) is 0.482. The molecule has 0 heterocycles. The first-order valence-corrected chi connectivity index (χ1v) is 9.64. The van der Waals surface area contributed by atoms with Crippen molar-refractivity contribution in [1.29, 1.82) is 5.26 Å². The Bertz CT molecular complexity index is 930. The third kappa shape index (κ3) is 2.48. The average molecular weight is 404 g/mol. The molecule has 0 amide bonds. The summed E-state index contributed by atoms with van der Waals surface area (Å²) < 4.78 is 26.8. The normalized spacial score (nSPS) is 25.7. The van der Waals surface area contributed by atoms with Gasteiger partial charge in [-0.15, -0.1) is 0 Å². The maximum Gasteiger partial charge on any atom is 0.183 e. The topological polar surface area (TPSA) is 75.0 Å². The summed E-state index contributed by atoms with van der Waals surface area (Å²) in [4.78, 5) is 11.8. The molecule has 0 bridgehead atoms. The number of nitriles is 1. The van der Waals surface area contributed by atoms with Crippen molar-refractivity contribution in [2.24, 2.45) is 5.41 Å². The Morgan fingerprint density at radius 1 is 1.12 bits per heavy atom. The number of hydrogen-bond acceptors (Lipinski definition) is 4. The molecule has 24 heavy (non-hydrogen) atoms. The number of carbonyl (C=O) groups excluding carboxylic acids is 1. The predicted molar refractivity (Wildman–Crippen MR) is 93.1 cm³/mol. The molecule has 1 saturated carbocycles. The third-order valence-electron chi connectivity index (χ3n) is 4.48. The zero-order chi connectivity index (χ0) is 17.5. The maximum atomic E-state index is 13.0. The number of rotatable bonds is 4. The molecule has 0 spiro atoms. The molecule has 1 fully saturated rings. The Labute approximate surface area is 149 Å². The van der Waals surface area contributed by atoms with Crippen LogP contribution in [0.1, 0.15) is 17.0 Å². The molecule has 122 valence electrons. The van der Waals surface area contributed by atoms with Gasteiger partial charge in [0.25, 0.3) is 0 Å². The van der Waals surface area contributed by atoms with Gasteiger partial charge in [-0.1, -0.05) is 45.8 Å². The van der Waals surface area contributed by atoms with Crippen molar-refractivity contribution < 1.29 is 13.2 Å². The van der Waals surface area contributed by atoms with Gasteiger partial charge in [0.1, 0.15) is 17.0 Å². The second-order valence-corrected chi connectivity index (χ2v) is 8.96. The van der Waals surface area contributed by atoms with Crippen molar-refractivity contribution in [2.75, 3.05) is 0 Å². The van der Waals surface area contributed by atoms with Crippen molar-refractivity contribution in [3.63, 3.8) is 0 Å². The van der Waals surface area contributed by atoms with Gasteiger partial charge in [0.05, 0.1) is 11.0 Å². The van der Waals surface area contributed by atoms with Gasteiger partial charge in [-0.25, -0.2) is 8.42 Å². The molecular formula is C18H14BrNO3S. The Morgan fingerprint density at radius 3 is 2.21 bits per heavy atom. The standard InChI is InChI=1S/C18H14BrNO3S/c1-12-2-8-15(9-3-12)24(22,23)17-16(18(17,10-20)11-21)13-4-6-14(19)7-5-13/h2-9,11,16-17H,1H3/t16-,17-,18+/m1/s1. The number of nitrogens with zero attached hydrogens (tertiary/aromatic N) is 1. The van der Waals surface area contributed by atoms with Crippen molar-refractivity contribution in [3.05, 3.63) is 64.1 Å². The summed E-state index contributed by atoms with van der Waals surface area (Å²) in [5.74, 6) is -0.653. The van der Waals surface area contributed by atoms with Gasteiger partial charge >= 0.3 is 0 Å². The first kappa shape index (κ1) is 16.9. The lowest BCUT2D eigenvalue weighted by molar-refractivity contribution is -0.110. The first-order valence-electron chi connectivity index (χ1n) is 7.30. The van der Waals surface area contributed by atoms with Crippen LogP contribution in [0.2, 0.25) is 0 Å². The first-order chi connectivity index (χ1) is 11.4. The average Bonchev–Trinajstić information content (AvgIpc) is 3.26. The molecule has 0 aromatic heterocycles. The predicted octanol–water partition coefficient (Wildman–Crippen LogP) is 3.41. The molecule has 0 saturated heterocycles. The van der Waals surface area contributed by atoms with E-state index in [0.717, 1.165) is 10.0 Å². The Kier molecular flexibility index (Phi) is 4.10. The summed E-state index contributed by atoms with van der Waals surface area (Å²) in [6.45, 7) is 1.86. The third-order valence-corrected chi connectivity index (χ3v) is 7.27. The lowest BCUT2D eigenvalue weighted by Gasteiger charge is -2.05. The summed E-state index contributed by atoms with van der Waals surface area (Å²) in [5.41, 5.74) is 0.0843. The van der Waals surface area contributed by atoms with Gasteiger partial charge in [0, 0.05) is 10.4 Å². The van der Waals surface area contributed by atoms with Gasteiger partial charge in [-0.05, 0) is 36.8 Å². The molecule has 3 rings (SSSR count). The van der Waals surface area contributed by atoms with E-state index < -0.39 is 26.4 Å². The van der Waals surface area contributed by atoms with Crippen LogP contribution in [-0.4, -0.2) is 20.0 Å². The largest absolute Gasteiger partial charge is 0.302 e. The quantitative estimate of drug-likeness (QED) is 0.732. The van der Waals surface area contributed by atoms with Crippen LogP contribution in [0.25, 0.3) is 0 Å². The van der Waals surface area contributed by atoms with E-state index in [1.807, 2.05) is 13.0 Å². The molecule has 2 aromatic rings. The minimum atomic E-state index is -3.79. The van der Waals surface area contributed by atoms with Crippen molar-refractivity contribution in [3.8, 4) is 6.07 Å². The number of hydrogen-bond donors (Lipinski definition) is 0. The zero-order valence-corrected chi connectivity index (χ0v) is 15.2. The fourth-order valence-electron chi connectivity index (χ4n) is 3.11. The smallest absolute Gasteiger partial charge is 0.183 e. The lowest BCUT2D eigenvalue weighted by Crippen LogP contribution is -2.16. The summed E-state index contributed by atoms with van der Waals surface area (Å²) in [7, 11) is -3.79. The van der Waals surface area contributed by atoms with Crippen molar-refractivity contribution in [2.45, 2.75) is 23.0 Å². The second-order valence-electron chi connectivity index (χ2n) is 5.97. The minimum absolute atomic E-state index is 0.138. The van der Waals surface area contributed by atoms with Crippen LogP contribution in [0.5, 0.6) is 0 Å². The van der Waals surface area contributed by atoms with Crippen LogP contribution in [0, 0.1) is 23.7 Å². The maximum absolute atomic E-state index is 13.0. The van der Waals surface area contributed by atoms with Gasteiger partial charge < -0.3 is 4.79 Å². The minimum Gasteiger partial charge on any atom is -0.302 e. The number of aryl methyl sites for hydroxylation is 1. The molecule has 0 N–H and O–H groups in total. The molecule has 3 atom stereocenters. The van der Waals surface area contributed by atoms with E-state index >= 15 is 0 Å². The van der Waals surface area contributed by atoms with Gasteiger partial charge in [-0.2, -0.15) is 5.26 Å². The van der Waals surface area contributed by atoms with E-state index in [1.54, 1.807) is 36.4 Å². The summed E-state index contributed by atoms with van der Waals surface area (Å²) in [5, 5.41) is 8.45. The highest BCUT2D eigenvalue weighted by atomic mass is 79.9. The molecule has 0 aliphatic heterocycles. The second kappa shape index (κ2) is 5.83. The monoisotopic (exact) mass is 403 g/mol. The van der Waals surface area contributed by atoms with Crippen LogP contribution in [0.4, 0.5) is 0 Å². The van der Waals surface area contributed by atoms with E-state index in [9.17, 15) is 18.5 Å². The molecule has 6 heteroatoms. The molecule has 0 radical (unpaired) electrons. The van der Waals surface area contributed by atoms with Gasteiger partial charge in [0.15, 0.2) is 9.84 Å². The molecule has 4 nitrogen and oxygen atoms in total. The molecular weight excluding hydrogens is 390 g/mol. The number of benzene rings is 2. The van der Waals surface area contributed by atoms with Crippen LogP contribution in [-0.2, 0) is 14.6 Å². The summed E-state index contributed by atoms with van der Waals surface area (Å²) >= 11 is 3.32. The molecule has 0 unspecified atom stereocenters. The fraction of sp³-hybridized carbons (Fsp3) is 0.222. The van der Waals surface area contributed by atoms with Crippen LogP contribution >= 0.6 is 15.9 Å². The van der Waals surface area contributed by atoms with E-state index in [2.05, 4.69) is 15.9 Å². The number of halogens is 1. The van der Waals surface area contributed by atoms with E-state index in [-0.39, 0.29) is 4.90 Å². The number of carbonyl (C=O) groups is 1. The summed E-state index contributed by atoms with van der Waals surface area (Å²) in [6, 6.07) is 15.4. The molecule has 1 aliphatic rings. The fourth-order valence-corrected chi connectivity index (χ4v) is 5.61. The van der Waals surface area contributed by atoms with E-state index in [4.69, 9.17) is 0 Å². The van der Waals surface area contributed by atoms with Crippen molar-refractivity contribution in [1.82, 2.24) is 0 Å². The van der Waals surface area contributed by atoms with E-state index in [1.165, 1.54) is 12.1 Å². The lowest BCUT2D eigenvalue weighted by atomic mass is 10.0. The highest BCUT2D eigenvalue weighted by Crippen LogP contribution is 2.62. The van der Waals surface area contributed by atoms with Crippen molar-refractivity contribution >= 4 is 32.1 Å². The Balaban J connectivity index is 2.08. The Morgan fingerprint density at radius 2 is 1.71 bits per heavy atom. The van der Waals surface area contributed by atoms with E-state index in [0.29, 0.717) is 11.8 Å². The van der Waals surface area contributed by atoms with Crippen LogP contribution in [0.15, 0.2) is 57.9 Å². The SMILES string of the molecule is Cc1ccc(S(=O)(=O)[C@@H]2[C@@H](c3ccc(Br)cc3)[C@]2(C#N)C=O)cc1. The van der Waals surface area contributed by atoms with Gasteiger partial charge in [-0.3, -0.25) is 0 Å². The van der Waals surface area contributed by atoms with Crippen LogP contribution in [0.3, 0.4) is 0 Å². The zero-order valence-electron chi connectivity index (χ0n) is 12.8. The number of aldehydes is 1. The van der Waals surface area contributed by atoms with Gasteiger partial charge in [0.2, 0.25) is 0 Å². The number of sulfone groups is 1. The highest BCUT2D eigenvalue weighted by molar-refractivity contribution is 9.10. The Hall–Kier alpha value is -1.97.